The molecule has 0 bridgehead atoms. The van der Waals surface area contributed by atoms with E-state index in [1.807, 2.05) is 13.8 Å². The molecule has 176 valence electrons. The third kappa shape index (κ3) is 3.10. The Morgan fingerprint density at radius 1 is 1.31 bits per heavy atom. The second kappa shape index (κ2) is 8.08. The Kier molecular flexibility index (Phi) is 5.98. The van der Waals surface area contributed by atoms with Crippen LogP contribution in [0.5, 0.6) is 0 Å². The van der Waals surface area contributed by atoms with Crippen molar-refractivity contribution in [2.75, 3.05) is 18.6 Å². The van der Waals surface area contributed by atoms with Gasteiger partial charge in [-0.25, -0.2) is 4.39 Å². The van der Waals surface area contributed by atoms with Gasteiger partial charge in [0.25, 0.3) is 0 Å². The van der Waals surface area contributed by atoms with E-state index in [-0.39, 0.29) is 23.9 Å². The van der Waals surface area contributed by atoms with Gasteiger partial charge in [-0.15, -0.1) is 0 Å². The molecule has 7 heteroatoms. The summed E-state index contributed by atoms with van der Waals surface area (Å²) in [4.78, 5) is 38.0. The van der Waals surface area contributed by atoms with Gasteiger partial charge < -0.3 is 9.84 Å². The lowest BCUT2D eigenvalue weighted by atomic mass is 9.45. The molecule has 0 aromatic heterocycles. The van der Waals surface area contributed by atoms with Crippen LogP contribution in [0.4, 0.5) is 4.39 Å². The van der Waals surface area contributed by atoms with Crippen molar-refractivity contribution in [3.8, 4) is 0 Å². The number of methoxy groups -OCH3 is 1. The molecule has 3 saturated carbocycles. The molecule has 0 spiro atoms. The molecule has 8 atom stereocenters. The first kappa shape index (κ1) is 23.7. The van der Waals surface area contributed by atoms with Crippen LogP contribution in [0.2, 0.25) is 0 Å². The fourth-order valence-electron chi connectivity index (χ4n) is 7.53. The lowest BCUT2D eigenvalue weighted by Crippen LogP contribution is -2.66. The van der Waals surface area contributed by atoms with E-state index in [1.54, 1.807) is 13.0 Å². The number of thioether (sulfide) groups is 1. The average molecular weight is 465 g/mol. The smallest absolute Gasteiger partial charge is 0.309 e. The van der Waals surface area contributed by atoms with Crippen molar-refractivity contribution in [3.63, 3.8) is 0 Å². The number of hydrogen-bond donors (Lipinski definition) is 1. The Morgan fingerprint density at radius 2 is 2.03 bits per heavy atom. The van der Waals surface area contributed by atoms with E-state index in [1.165, 1.54) is 31.0 Å². The SMILES string of the molecule is CCSCC(=O)[C@H]1C(C(=O)OC)C[C@H]2[C@@H]3CCC4=CC(=O)C=C[C@]4(C)[C@@]3(F)[C@@H](O)C[C@]12C. The summed E-state index contributed by atoms with van der Waals surface area (Å²) in [5.74, 6) is -1.46. The molecule has 3 fully saturated rings. The lowest BCUT2D eigenvalue weighted by Gasteiger charge is -2.61. The van der Waals surface area contributed by atoms with E-state index >= 15 is 4.39 Å². The number of allylic oxidation sites excluding steroid dienone is 4. The number of aliphatic hydroxyl groups is 1. The minimum absolute atomic E-state index is 0.0124. The van der Waals surface area contributed by atoms with Crippen molar-refractivity contribution in [1.82, 2.24) is 0 Å². The number of fused-ring (bicyclic) bond motifs is 5. The molecular weight excluding hydrogens is 431 g/mol. The van der Waals surface area contributed by atoms with Gasteiger partial charge in [0.15, 0.2) is 11.5 Å². The topological polar surface area (TPSA) is 80.7 Å². The molecule has 0 saturated heterocycles. The second-order valence-electron chi connectivity index (χ2n) is 10.3. The molecule has 1 unspecified atom stereocenters. The van der Waals surface area contributed by atoms with E-state index in [9.17, 15) is 19.5 Å². The van der Waals surface area contributed by atoms with Crippen LogP contribution < -0.4 is 0 Å². The van der Waals surface area contributed by atoms with Gasteiger partial charge >= 0.3 is 5.97 Å². The van der Waals surface area contributed by atoms with Crippen LogP contribution in [0.1, 0.15) is 46.5 Å². The second-order valence-corrected chi connectivity index (χ2v) is 11.6. The summed E-state index contributed by atoms with van der Waals surface area (Å²) in [6, 6.07) is 0. The lowest BCUT2D eigenvalue weighted by molar-refractivity contribution is -0.195. The van der Waals surface area contributed by atoms with Crippen LogP contribution in [-0.4, -0.2) is 53.0 Å². The van der Waals surface area contributed by atoms with Crippen molar-refractivity contribution in [1.29, 1.82) is 0 Å². The van der Waals surface area contributed by atoms with E-state index in [0.29, 0.717) is 25.0 Å². The number of hydrogen-bond acceptors (Lipinski definition) is 6. The minimum Gasteiger partial charge on any atom is -0.469 e. The molecule has 4 aliphatic rings. The summed E-state index contributed by atoms with van der Waals surface area (Å²) in [5, 5.41) is 11.3. The number of halogens is 1. The number of alkyl halides is 1. The number of Topliss-reactive ketones (excluding diaryl/α,β-unsaturated/α-hetero) is 1. The van der Waals surface area contributed by atoms with Crippen LogP contribution >= 0.6 is 11.8 Å². The van der Waals surface area contributed by atoms with Crippen LogP contribution in [0.3, 0.4) is 0 Å². The van der Waals surface area contributed by atoms with Crippen LogP contribution in [0.25, 0.3) is 0 Å². The zero-order chi connectivity index (χ0) is 23.5. The van der Waals surface area contributed by atoms with Gasteiger partial charge in [0.05, 0.1) is 24.9 Å². The number of ketones is 2. The zero-order valence-corrected chi connectivity index (χ0v) is 20.0. The van der Waals surface area contributed by atoms with Gasteiger partial charge in [-0.1, -0.05) is 25.5 Å². The number of aliphatic hydroxyl groups excluding tert-OH is 1. The van der Waals surface area contributed by atoms with Crippen molar-refractivity contribution < 1.29 is 28.6 Å². The number of rotatable bonds is 5. The van der Waals surface area contributed by atoms with Gasteiger partial charge in [0.2, 0.25) is 0 Å². The van der Waals surface area contributed by atoms with Crippen molar-refractivity contribution in [2.45, 2.75) is 58.2 Å². The zero-order valence-electron chi connectivity index (χ0n) is 19.2. The van der Waals surface area contributed by atoms with E-state index < -0.39 is 46.3 Å². The highest BCUT2D eigenvalue weighted by atomic mass is 32.2. The molecular formula is C25H33FO5S. The third-order valence-electron chi connectivity index (χ3n) is 9.00. The number of ether oxygens (including phenoxy) is 1. The number of carbonyl (C=O) groups excluding carboxylic acids is 3. The number of carbonyl (C=O) groups is 3. The quantitative estimate of drug-likeness (QED) is 0.625. The molecule has 32 heavy (non-hydrogen) atoms. The standard InChI is InChI=1S/C25H33FO5S/c1-5-32-13-19(28)21-16(22(30)31-4)11-18-17-7-6-14-10-15(27)8-9-24(14,3)25(17,26)20(29)12-23(18,21)2/h8-10,16-18,20-21,29H,5-7,11-13H2,1-4H3/t16?,17-,18-,20-,21+,23-,24-,25-/m0/s1. The van der Waals surface area contributed by atoms with Crippen LogP contribution in [-0.2, 0) is 19.1 Å². The summed E-state index contributed by atoms with van der Waals surface area (Å²) < 4.78 is 22.2. The predicted octanol–water partition coefficient (Wildman–Crippen LogP) is 3.69. The molecule has 5 nitrogen and oxygen atoms in total. The summed E-state index contributed by atoms with van der Waals surface area (Å²) in [6.45, 7) is 5.70. The number of esters is 1. The van der Waals surface area contributed by atoms with Gasteiger partial charge in [-0.3, -0.25) is 14.4 Å². The highest BCUT2D eigenvalue weighted by Gasteiger charge is 2.72. The predicted molar refractivity (Wildman–Crippen MR) is 121 cm³/mol. The fourth-order valence-corrected chi connectivity index (χ4v) is 8.11. The minimum atomic E-state index is -1.96. The molecule has 1 N–H and O–H groups in total. The molecule has 0 amide bonds. The average Bonchev–Trinajstić information content (AvgIpc) is 3.05. The van der Waals surface area contributed by atoms with Crippen LogP contribution in [0.15, 0.2) is 23.8 Å². The Hall–Kier alpha value is -1.47. The first-order valence-electron chi connectivity index (χ1n) is 11.5. The molecule has 4 rings (SSSR count). The largest absolute Gasteiger partial charge is 0.469 e. The monoisotopic (exact) mass is 464 g/mol. The maximum absolute atomic E-state index is 17.1. The van der Waals surface area contributed by atoms with Gasteiger partial charge in [0.1, 0.15) is 5.78 Å². The van der Waals surface area contributed by atoms with Crippen molar-refractivity contribution in [2.24, 2.45) is 34.5 Å². The van der Waals surface area contributed by atoms with Gasteiger partial charge in [-0.05, 0) is 61.8 Å². The normalized spacial score (nSPS) is 44.9. The summed E-state index contributed by atoms with van der Waals surface area (Å²) >= 11 is 1.51. The summed E-state index contributed by atoms with van der Waals surface area (Å²) in [6.07, 6.45) is 4.77. The first-order valence-corrected chi connectivity index (χ1v) is 12.7. The van der Waals surface area contributed by atoms with Crippen LogP contribution in [0, 0.1) is 34.5 Å². The molecule has 0 radical (unpaired) electrons. The van der Waals surface area contributed by atoms with Crippen molar-refractivity contribution in [3.05, 3.63) is 23.8 Å². The molecule has 0 heterocycles. The highest BCUT2D eigenvalue weighted by Crippen LogP contribution is 2.70. The van der Waals surface area contributed by atoms with E-state index in [4.69, 9.17) is 4.74 Å². The highest BCUT2D eigenvalue weighted by molar-refractivity contribution is 7.99. The molecule has 0 aromatic carbocycles. The van der Waals surface area contributed by atoms with E-state index in [2.05, 4.69) is 0 Å². The molecule has 0 aliphatic heterocycles. The maximum Gasteiger partial charge on any atom is 0.309 e. The Morgan fingerprint density at radius 3 is 2.69 bits per heavy atom. The summed E-state index contributed by atoms with van der Waals surface area (Å²) in [5.41, 5.74) is -3.00. The van der Waals surface area contributed by atoms with Crippen molar-refractivity contribution >= 4 is 29.3 Å². The van der Waals surface area contributed by atoms with E-state index in [0.717, 1.165) is 11.3 Å². The molecule has 0 aromatic rings. The Bertz CT molecular complexity index is 899. The fraction of sp³-hybridized carbons (Fsp3) is 0.720. The molecule has 4 aliphatic carbocycles. The van der Waals surface area contributed by atoms with Gasteiger partial charge in [-0.2, -0.15) is 11.8 Å². The summed E-state index contributed by atoms with van der Waals surface area (Å²) in [7, 11) is 1.33. The maximum atomic E-state index is 17.1. The third-order valence-corrected chi connectivity index (χ3v) is 9.89. The first-order chi connectivity index (χ1) is 15.0. The Labute approximate surface area is 193 Å². The Balaban J connectivity index is 1.78. The van der Waals surface area contributed by atoms with Gasteiger partial charge in [0, 0.05) is 17.3 Å².